The topological polar surface area (TPSA) is 102 Å². The van der Waals surface area contributed by atoms with Gasteiger partial charge in [0, 0.05) is 0 Å². The lowest BCUT2D eigenvalue weighted by Crippen LogP contribution is -2.52. The van der Waals surface area contributed by atoms with E-state index in [1.54, 1.807) is 19.1 Å². The van der Waals surface area contributed by atoms with E-state index >= 15 is 0 Å². The number of nitrogens with zero attached hydrogens (tertiary/aromatic N) is 2. The molecule has 0 bridgehead atoms. The second kappa shape index (κ2) is 7.03. The number of aryl methyl sites for hydroxylation is 1. The van der Waals surface area contributed by atoms with Crippen LogP contribution in [0.1, 0.15) is 50.2 Å². The minimum atomic E-state index is -1.21. The maximum absolute atomic E-state index is 12.9. The van der Waals surface area contributed by atoms with Crippen LogP contribution in [0.5, 0.6) is 0 Å². The first kappa shape index (κ1) is 18.9. The molecule has 1 aromatic carbocycles. The molecule has 2 fully saturated rings. The van der Waals surface area contributed by atoms with E-state index in [0.717, 1.165) is 29.7 Å². The van der Waals surface area contributed by atoms with Gasteiger partial charge in [0.2, 0.25) is 5.91 Å². The Balaban J connectivity index is 1.73. The predicted octanol–water partition coefficient (Wildman–Crippen LogP) is 2.10. The van der Waals surface area contributed by atoms with Gasteiger partial charge < -0.3 is 10.6 Å². The summed E-state index contributed by atoms with van der Waals surface area (Å²) in [6, 6.07) is 8.93. The van der Waals surface area contributed by atoms with Gasteiger partial charge >= 0.3 is 6.03 Å². The molecule has 4 amide bonds. The molecular weight excluding hydrogens is 344 g/mol. The van der Waals surface area contributed by atoms with Gasteiger partial charge in [0.15, 0.2) is 0 Å². The standard InChI is InChI=1S/C20H24N4O3/c1-14-6-8-15(9-7-14)19(2)17(26)24(18(27)23-19)12-16(25)22-20(13-21)10-4-3-5-11-20/h6-9H,3-5,10-12H2,1-2H3,(H,22,25)(H,23,27)/t19-/m0/s1. The van der Waals surface area contributed by atoms with Crippen molar-refractivity contribution >= 4 is 17.8 Å². The van der Waals surface area contributed by atoms with Crippen LogP contribution >= 0.6 is 0 Å². The van der Waals surface area contributed by atoms with Crippen LogP contribution in [0.15, 0.2) is 24.3 Å². The fraction of sp³-hybridized carbons (Fsp3) is 0.500. The average Bonchev–Trinajstić information content (AvgIpc) is 2.87. The van der Waals surface area contributed by atoms with Crippen LogP contribution in [0.4, 0.5) is 4.79 Å². The minimum Gasteiger partial charge on any atom is -0.336 e. The Morgan fingerprint density at radius 2 is 1.85 bits per heavy atom. The summed E-state index contributed by atoms with van der Waals surface area (Å²) in [7, 11) is 0. The van der Waals surface area contributed by atoms with Crippen molar-refractivity contribution in [1.82, 2.24) is 15.5 Å². The summed E-state index contributed by atoms with van der Waals surface area (Å²) in [6.07, 6.45) is 3.99. The lowest BCUT2D eigenvalue weighted by Gasteiger charge is -2.32. The van der Waals surface area contributed by atoms with Crippen LogP contribution in [-0.2, 0) is 15.1 Å². The van der Waals surface area contributed by atoms with E-state index in [4.69, 9.17) is 0 Å². The van der Waals surface area contributed by atoms with Crippen LogP contribution in [-0.4, -0.2) is 34.8 Å². The van der Waals surface area contributed by atoms with Crippen LogP contribution in [0.3, 0.4) is 0 Å². The van der Waals surface area contributed by atoms with Crippen molar-refractivity contribution in [3.05, 3.63) is 35.4 Å². The molecule has 1 atom stereocenters. The van der Waals surface area contributed by atoms with E-state index in [2.05, 4.69) is 16.7 Å². The van der Waals surface area contributed by atoms with Crippen LogP contribution in [0.25, 0.3) is 0 Å². The zero-order valence-corrected chi connectivity index (χ0v) is 15.7. The second-order valence-corrected chi connectivity index (χ2v) is 7.62. The Kier molecular flexibility index (Phi) is 4.92. The average molecular weight is 368 g/mol. The van der Waals surface area contributed by atoms with Crippen molar-refractivity contribution in [1.29, 1.82) is 5.26 Å². The van der Waals surface area contributed by atoms with Crippen molar-refractivity contribution < 1.29 is 14.4 Å². The number of hydrogen-bond donors (Lipinski definition) is 2. The van der Waals surface area contributed by atoms with E-state index in [9.17, 15) is 19.6 Å². The van der Waals surface area contributed by atoms with Crippen molar-refractivity contribution in [3.63, 3.8) is 0 Å². The monoisotopic (exact) mass is 368 g/mol. The van der Waals surface area contributed by atoms with E-state index < -0.39 is 35.5 Å². The first-order valence-electron chi connectivity index (χ1n) is 9.23. The third-order valence-electron chi connectivity index (χ3n) is 5.51. The minimum absolute atomic E-state index is 0.393. The van der Waals surface area contributed by atoms with Gasteiger partial charge in [0.05, 0.1) is 6.07 Å². The maximum atomic E-state index is 12.9. The maximum Gasteiger partial charge on any atom is 0.325 e. The first-order valence-corrected chi connectivity index (χ1v) is 9.23. The smallest absolute Gasteiger partial charge is 0.325 e. The molecular formula is C20H24N4O3. The van der Waals surface area contributed by atoms with Gasteiger partial charge in [-0.3, -0.25) is 14.5 Å². The summed E-state index contributed by atoms with van der Waals surface area (Å²) in [6.45, 7) is 3.18. The number of imide groups is 1. The molecule has 27 heavy (non-hydrogen) atoms. The van der Waals surface area contributed by atoms with Gasteiger partial charge in [-0.05, 0) is 32.3 Å². The zero-order valence-electron chi connectivity index (χ0n) is 15.7. The summed E-state index contributed by atoms with van der Waals surface area (Å²) >= 11 is 0. The number of carbonyl (C=O) groups is 3. The highest BCUT2D eigenvalue weighted by Gasteiger charge is 2.49. The number of nitrogens with one attached hydrogen (secondary N) is 2. The molecule has 2 N–H and O–H groups in total. The van der Waals surface area contributed by atoms with Crippen molar-refractivity contribution in [2.75, 3.05) is 6.54 Å². The van der Waals surface area contributed by atoms with Gasteiger partial charge in [-0.2, -0.15) is 5.26 Å². The third kappa shape index (κ3) is 3.52. The number of carbonyl (C=O) groups excluding carboxylic acids is 3. The molecule has 1 aliphatic heterocycles. The number of benzene rings is 1. The predicted molar refractivity (Wildman–Crippen MR) is 98.3 cm³/mol. The highest BCUT2D eigenvalue weighted by Crippen LogP contribution is 2.30. The lowest BCUT2D eigenvalue weighted by molar-refractivity contribution is -0.135. The largest absolute Gasteiger partial charge is 0.336 e. The van der Waals surface area contributed by atoms with Crippen molar-refractivity contribution in [3.8, 4) is 6.07 Å². The highest BCUT2D eigenvalue weighted by atomic mass is 16.2. The van der Waals surface area contributed by atoms with Crippen LogP contribution < -0.4 is 10.6 Å². The molecule has 1 aromatic rings. The van der Waals surface area contributed by atoms with E-state index in [-0.39, 0.29) is 0 Å². The molecule has 2 aliphatic rings. The Hall–Kier alpha value is -2.88. The molecule has 0 aromatic heterocycles. The fourth-order valence-electron chi connectivity index (χ4n) is 3.79. The SMILES string of the molecule is Cc1ccc([C@]2(C)NC(=O)N(CC(=O)NC3(C#N)CCCCC3)C2=O)cc1. The first-order chi connectivity index (χ1) is 12.8. The molecule has 0 radical (unpaired) electrons. The van der Waals surface area contributed by atoms with Gasteiger partial charge in [0.1, 0.15) is 17.6 Å². The molecule has 7 heteroatoms. The number of rotatable bonds is 4. The molecule has 1 heterocycles. The number of hydrogen-bond acceptors (Lipinski definition) is 4. The second-order valence-electron chi connectivity index (χ2n) is 7.62. The Labute approximate surface area is 158 Å². The van der Waals surface area contributed by atoms with Crippen LogP contribution in [0, 0.1) is 18.3 Å². The van der Waals surface area contributed by atoms with Crippen molar-refractivity contribution in [2.24, 2.45) is 0 Å². The van der Waals surface area contributed by atoms with E-state index in [1.165, 1.54) is 0 Å². The molecule has 7 nitrogen and oxygen atoms in total. The van der Waals surface area contributed by atoms with Crippen LogP contribution in [0.2, 0.25) is 0 Å². The molecule has 1 saturated carbocycles. The Morgan fingerprint density at radius 3 is 2.44 bits per heavy atom. The molecule has 0 spiro atoms. The fourth-order valence-corrected chi connectivity index (χ4v) is 3.79. The molecule has 142 valence electrons. The number of nitriles is 1. The summed E-state index contributed by atoms with van der Waals surface area (Å²) < 4.78 is 0. The van der Waals surface area contributed by atoms with Gasteiger partial charge in [-0.25, -0.2) is 4.79 Å². The van der Waals surface area contributed by atoms with Gasteiger partial charge in [-0.1, -0.05) is 49.1 Å². The Morgan fingerprint density at radius 1 is 1.22 bits per heavy atom. The summed E-state index contributed by atoms with van der Waals surface area (Å²) in [4.78, 5) is 38.7. The van der Waals surface area contributed by atoms with Crippen molar-refractivity contribution in [2.45, 2.75) is 57.0 Å². The molecule has 0 unspecified atom stereocenters. The molecule has 1 aliphatic carbocycles. The highest BCUT2D eigenvalue weighted by molar-refractivity contribution is 6.09. The van der Waals surface area contributed by atoms with E-state index in [1.807, 2.05) is 19.1 Å². The molecule has 1 saturated heterocycles. The normalized spacial score (nSPS) is 24.3. The quantitative estimate of drug-likeness (QED) is 0.795. The Bertz CT molecular complexity index is 806. The third-order valence-corrected chi connectivity index (χ3v) is 5.51. The molecule has 3 rings (SSSR count). The van der Waals surface area contributed by atoms with Gasteiger partial charge in [-0.15, -0.1) is 0 Å². The summed E-state index contributed by atoms with van der Waals surface area (Å²) in [5, 5.41) is 14.9. The van der Waals surface area contributed by atoms with E-state index in [0.29, 0.717) is 18.4 Å². The van der Waals surface area contributed by atoms with Gasteiger partial charge in [0.25, 0.3) is 5.91 Å². The number of amides is 4. The summed E-state index contributed by atoms with van der Waals surface area (Å²) in [5.41, 5.74) is -0.391. The lowest BCUT2D eigenvalue weighted by atomic mass is 9.83. The zero-order chi connectivity index (χ0) is 19.7. The number of urea groups is 1. The summed E-state index contributed by atoms with van der Waals surface area (Å²) in [5.74, 6) is -0.962.